The average molecular weight is 384 g/mol. The number of carbonyl (C=O) groups is 1. The van der Waals surface area contributed by atoms with Gasteiger partial charge in [-0.2, -0.15) is 0 Å². The van der Waals surface area contributed by atoms with Crippen LogP contribution >= 0.6 is 0 Å². The summed E-state index contributed by atoms with van der Waals surface area (Å²) in [5.41, 5.74) is 0. The first-order valence-corrected chi connectivity index (χ1v) is 10.6. The second-order valence-corrected chi connectivity index (χ2v) is 7.97. The van der Waals surface area contributed by atoms with Crippen molar-refractivity contribution >= 4 is 16.1 Å². The Bertz CT molecular complexity index is 667. The molecule has 0 bridgehead atoms. The summed E-state index contributed by atoms with van der Waals surface area (Å²) in [5.74, 6) is 0.667. The molecule has 1 aromatic rings. The van der Waals surface area contributed by atoms with Gasteiger partial charge in [0.05, 0.1) is 18.1 Å². The molecule has 1 aliphatic heterocycles. The van der Waals surface area contributed by atoms with Gasteiger partial charge < -0.3 is 14.4 Å². The van der Waals surface area contributed by atoms with E-state index in [4.69, 9.17) is 9.47 Å². The van der Waals surface area contributed by atoms with E-state index >= 15 is 0 Å². The lowest BCUT2D eigenvalue weighted by atomic mass is 10.1. The van der Waals surface area contributed by atoms with Crippen molar-refractivity contribution in [2.75, 3.05) is 26.3 Å². The first-order valence-electron chi connectivity index (χ1n) is 9.13. The highest BCUT2D eigenvalue weighted by molar-refractivity contribution is 7.89. The summed E-state index contributed by atoms with van der Waals surface area (Å²) >= 11 is 0. The van der Waals surface area contributed by atoms with E-state index in [1.54, 1.807) is 36.1 Å². The van der Waals surface area contributed by atoms with Crippen LogP contribution < -0.4 is 9.46 Å². The zero-order chi connectivity index (χ0) is 19.0. The molecule has 1 aliphatic rings. The molecule has 1 aromatic carbocycles. The largest absolute Gasteiger partial charge is 0.494 e. The predicted molar refractivity (Wildman–Crippen MR) is 98.8 cm³/mol. The van der Waals surface area contributed by atoms with Gasteiger partial charge in [-0.05, 0) is 50.5 Å². The van der Waals surface area contributed by atoms with Crippen LogP contribution in [0.3, 0.4) is 0 Å². The summed E-state index contributed by atoms with van der Waals surface area (Å²) in [7, 11) is -3.59. The quantitative estimate of drug-likeness (QED) is 0.697. The fourth-order valence-corrected chi connectivity index (χ4v) is 4.04. The van der Waals surface area contributed by atoms with E-state index in [9.17, 15) is 13.2 Å². The average Bonchev–Trinajstić information content (AvgIpc) is 2.63. The highest BCUT2D eigenvalue weighted by atomic mass is 32.2. The van der Waals surface area contributed by atoms with Crippen molar-refractivity contribution < 1.29 is 22.7 Å². The van der Waals surface area contributed by atoms with Gasteiger partial charge in [-0.1, -0.05) is 13.3 Å². The van der Waals surface area contributed by atoms with Crippen molar-refractivity contribution in [1.82, 2.24) is 9.62 Å². The van der Waals surface area contributed by atoms with E-state index in [0.717, 1.165) is 12.8 Å². The molecule has 1 N–H and O–H groups in total. The molecule has 1 fully saturated rings. The van der Waals surface area contributed by atoms with Crippen LogP contribution in [-0.2, 0) is 14.8 Å². The Balaban J connectivity index is 1.88. The maximum atomic E-state index is 12.5. The van der Waals surface area contributed by atoms with Crippen LogP contribution in [0, 0.1) is 0 Å². The van der Waals surface area contributed by atoms with Gasteiger partial charge in [0.1, 0.15) is 5.75 Å². The zero-order valence-electron chi connectivity index (χ0n) is 15.4. The van der Waals surface area contributed by atoms with Crippen LogP contribution in [-0.4, -0.2) is 51.8 Å². The maximum Gasteiger partial charge on any atom is 0.409 e. The van der Waals surface area contributed by atoms with Gasteiger partial charge in [-0.25, -0.2) is 17.9 Å². The third-order valence-corrected chi connectivity index (χ3v) is 5.78. The summed E-state index contributed by atoms with van der Waals surface area (Å²) in [5, 5.41) is 0. The number of sulfonamides is 1. The molecule has 0 saturated carbocycles. The molecule has 0 unspecified atom stereocenters. The molecule has 7 nitrogen and oxygen atoms in total. The Labute approximate surface area is 155 Å². The van der Waals surface area contributed by atoms with Gasteiger partial charge in [-0.3, -0.25) is 0 Å². The number of hydrogen-bond acceptors (Lipinski definition) is 5. The second kappa shape index (κ2) is 9.78. The number of carbonyl (C=O) groups excluding carboxylic acids is 1. The molecule has 0 radical (unpaired) electrons. The molecule has 0 spiro atoms. The Morgan fingerprint density at radius 1 is 1.19 bits per heavy atom. The molecule has 1 amide bonds. The Kier molecular flexibility index (Phi) is 7.71. The Hall–Kier alpha value is -1.80. The van der Waals surface area contributed by atoms with Gasteiger partial charge in [0.2, 0.25) is 10.0 Å². The summed E-state index contributed by atoms with van der Waals surface area (Å²) in [4.78, 5) is 13.5. The predicted octanol–water partition coefficient (Wildman–Crippen LogP) is 2.76. The highest BCUT2D eigenvalue weighted by Crippen LogP contribution is 2.19. The standard InChI is InChI=1S/C18H28N2O5S/c1-3-5-14-25-16-6-8-17(9-7-16)26(22,23)19-15-10-12-20(13-11-15)18(21)24-4-2/h6-9,15,19H,3-5,10-14H2,1-2H3. The van der Waals surface area contributed by atoms with Crippen LogP contribution in [0.5, 0.6) is 5.75 Å². The smallest absolute Gasteiger partial charge is 0.409 e. The van der Waals surface area contributed by atoms with Crippen molar-refractivity contribution in [3.05, 3.63) is 24.3 Å². The summed E-state index contributed by atoms with van der Waals surface area (Å²) < 4.78 is 38.3. The zero-order valence-corrected chi connectivity index (χ0v) is 16.3. The number of hydrogen-bond donors (Lipinski definition) is 1. The minimum Gasteiger partial charge on any atom is -0.494 e. The van der Waals surface area contributed by atoms with Gasteiger partial charge in [0.15, 0.2) is 0 Å². The van der Waals surface area contributed by atoms with Crippen molar-refractivity contribution in [3.63, 3.8) is 0 Å². The number of nitrogens with one attached hydrogen (secondary N) is 1. The molecular formula is C18H28N2O5S. The normalized spacial score (nSPS) is 15.7. The van der Waals surface area contributed by atoms with Gasteiger partial charge in [0, 0.05) is 19.1 Å². The fourth-order valence-electron chi connectivity index (χ4n) is 2.73. The monoisotopic (exact) mass is 384 g/mol. The Morgan fingerprint density at radius 2 is 1.85 bits per heavy atom. The fraction of sp³-hybridized carbons (Fsp3) is 0.611. The molecular weight excluding hydrogens is 356 g/mol. The van der Waals surface area contributed by atoms with E-state index < -0.39 is 10.0 Å². The lowest BCUT2D eigenvalue weighted by molar-refractivity contribution is 0.0966. The van der Waals surface area contributed by atoms with Crippen LogP contribution in [0.25, 0.3) is 0 Å². The number of ether oxygens (including phenoxy) is 2. The summed E-state index contributed by atoms with van der Waals surface area (Å²) in [6.45, 7) is 5.77. The van der Waals surface area contributed by atoms with E-state index in [-0.39, 0.29) is 17.0 Å². The first-order chi connectivity index (χ1) is 12.5. The lowest BCUT2D eigenvalue weighted by Gasteiger charge is -2.31. The summed E-state index contributed by atoms with van der Waals surface area (Å²) in [6.07, 6.45) is 2.80. The number of rotatable bonds is 8. The lowest BCUT2D eigenvalue weighted by Crippen LogP contribution is -2.46. The first kappa shape index (κ1) is 20.5. The molecule has 1 heterocycles. The highest BCUT2D eigenvalue weighted by Gasteiger charge is 2.27. The minimum atomic E-state index is -3.59. The van der Waals surface area contributed by atoms with E-state index in [1.165, 1.54) is 0 Å². The molecule has 8 heteroatoms. The van der Waals surface area contributed by atoms with Gasteiger partial charge >= 0.3 is 6.09 Å². The Morgan fingerprint density at radius 3 is 2.42 bits per heavy atom. The number of amides is 1. The van der Waals surface area contributed by atoms with Crippen LogP contribution in [0.15, 0.2) is 29.2 Å². The van der Waals surface area contributed by atoms with Crippen molar-refractivity contribution in [2.45, 2.75) is 50.5 Å². The second-order valence-electron chi connectivity index (χ2n) is 6.25. The van der Waals surface area contributed by atoms with Gasteiger partial charge in [-0.15, -0.1) is 0 Å². The molecule has 1 saturated heterocycles. The maximum absolute atomic E-state index is 12.5. The molecule has 26 heavy (non-hydrogen) atoms. The number of unbranched alkanes of at least 4 members (excludes halogenated alkanes) is 1. The van der Waals surface area contributed by atoms with Crippen molar-refractivity contribution in [2.24, 2.45) is 0 Å². The number of benzene rings is 1. The summed E-state index contributed by atoms with van der Waals surface area (Å²) in [6, 6.07) is 6.27. The van der Waals surface area contributed by atoms with Crippen LogP contribution in [0.4, 0.5) is 4.79 Å². The minimum absolute atomic E-state index is 0.189. The van der Waals surface area contributed by atoms with Crippen molar-refractivity contribution in [1.29, 1.82) is 0 Å². The van der Waals surface area contributed by atoms with E-state index in [0.29, 0.717) is 44.9 Å². The third-order valence-electron chi connectivity index (χ3n) is 4.24. The molecule has 0 aromatic heterocycles. The van der Waals surface area contributed by atoms with Crippen molar-refractivity contribution in [3.8, 4) is 5.75 Å². The van der Waals surface area contributed by atoms with Gasteiger partial charge in [0.25, 0.3) is 0 Å². The molecule has 2 rings (SSSR count). The molecule has 146 valence electrons. The third kappa shape index (κ3) is 5.88. The van der Waals surface area contributed by atoms with E-state index in [1.807, 2.05) is 0 Å². The topological polar surface area (TPSA) is 84.9 Å². The number of likely N-dealkylation sites (tertiary alicyclic amines) is 1. The number of nitrogens with zero attached hydrogens (tertiary/aromatic N) is 1. The van der Waals surface area contributed by atoms with Crippen LogP contribution in [0.2, 0.25) is 0 Å². The number of piperidine rings is 1. The molecule has 0 aliphatic carbocycles. The van der Waals surface area contributed by atoms with E-state index in [2.05, 4.69) is 11.6 Å². The SMILES string of the molecule is CCCCOc1ccc(S(=O)(=O)NC2CCN(C(=O)OCC)CC2)cc1. The molecule has 0 atom stereocenters. The van der Waals surface area contributed by atoms with Crippen LogP contribution in [0.1, 0.15) is 39.5 Å².